The molecule has 2 aromatic heterocycles. The van der Waals surface area contributed by atoms with E-state index in [-0.39, 0.29) is 68.8 Å². The Hall–Kier alpha value is -13.3. The minimum atomic E-state index is -1.64. The van der Waals surface area contributed by atoms with Gasteiger partial charge in [0.1, 0.15) is 72.2 Å². The predicted octanol–water partition coefficient (Wildman–Crippen LogP) is 3.66. The number of nitrogens with zero attached hydrogens (tertiary/aromatic N) is 5. The summed E-state index contributed by atoms with van der Waals surface area (Å²) < 4.78 is 0. The maximum atomic E-state index is 15.6. The first-order valence-electron chi connectivity index (χ1n) is 43.6. The summed E-state index contributed by atoms with van der Waals surface area (Å²) in [5, 5.41) is 47.1. The fraction of sp³-hybridized carbons (Fsp3) is 0.411. The minimum absolute atomic E-state index is 0.0636. The van der Waals surface area contributed by atoms with Gasteiger partial charge in [-0.1, -0.05) is 196 Å². The molecule has 0 bridgehead atoms. The van der Waals surface area contributed by atoms with Crippen LogP contribution in [-0.4, -0.2) is 272 Å². The van der Waals surface area contributed by atoms with Gasteiger partial charge in [-0.05, 0) is 82.3 Å². The van der Waals surface area contributed by atoms with Crippen LogP contribution >= 0.6 is 20.6 Å². The molecule has 1 aliphatic rings. The highest BCUT2D eigenvalue weighted by Gasteiger charge is 2.42. The quantitative estimate of drug-likeness (QED) is 0.0406. The number of phenolic OH excluding ortho intramolecular Hbond substituents is 1. The summed E-state index contributed by atoms with van der Waals surface area (Å²) in [5.74, 6) is -14.8. The van der Waals surface area contributed by atoms with E-state index in [0.29, 0.717) is 68.0 Å². The van der Waals surface area contributed by atoms with Gasteiger partial charge in [-0.15, -0.1) is 11.8 Å². The van der Waals surface area contributed by atoms with Crippen LogP contribution in [0.5, 0.6) is 5.75 Å². The van der Waals surface area contributed by atoms with Crippen molar-refractivity contribution in [1.29, 1.82) is 0 Å². The second kappa shape index (κ2) is 48.9. The topological polar surface area (TPSA) is 479 Å². The monoisotopic (exact) mass is 1830 g/mol. The van der Waals surface area contributed by atoms with Gasteiger partial charge in [0.15, 0.2) is 0 Å². The highest BCUT2D eigenvalue weighted by molar-refractivity contribution is 8.00. The number of aliphatic hydroxyl groups excluding tert-OH is 1. The zero-order valence-corrected chi connectivity index (χ0v) is 77.1. The van der Waals surface area contributed by atoms with Crippen molar-refractivity contribution in [2.75, 3.05) is 66.4 Å². The van der Waals surface area contributed by atoms with Crippen LogP contribution in [0.2, 0.25) is 0 Å². The van der Waals surface area contributed by atoms with E-state index in [2.05, 4.69) is 66.7 Å². The van der Waals surface area contributed by atoms with E-state index in [9.17, 15) is 39.0 Å². The van der Waals surface area contributed by atoms with Crippen molar-refractivity contribution in [1.82, 2.24) is 82.3 Å². The maximum absolute atomic E-state index is 15.6. The number of fused-ring (bicyclic) bond motifs is 2. The number of phenols is 1. The van der Waals surface area contributed by atoms with Gasteiger partial charge in [-0.25, -0.2) is 0 Å². The van der Waals surface area contributed by atoms with E-state index in [0.717, 1.165) is 26.5 Å². The number of amides is 15. The third-order valence-electron chi connectivity index (χ3n) is 22.8. The van der Waals surface area contributed by atoms with Crippen LogP contribution in [-0.2, 0) is 110 Å². The number of primary amides is 1. The Kier molecular flexibility index (Phi) is 37.9. The molecular formula is C95H120N17O17PS. The van der Waals surface area contributed by atoms with Gasteiger partial charge in [0.05, 0.1) is 30.9 Å². The van der Waals surface area contributed by atoms with Crippen LogP contribution in [0.25, 0.3) is 21.8 Å². The van der Waals surface area contributed by atoms with Crippen LogP contribution in [0, 0.1) is 11.8 Å². The van der Waals surface area contributed by atoms with E-state index >= 15 is 43.2 Å². The summed E-state index contributed by atoms with van der Waals surface area (Å²) in [7, 11) is 9.81. The molecule has 3 heterocycles. The summed E-state index contributed by atoms with van der Waals surface area (Å²) in [4.78, 5) is 236. The summed E-state index contributed by atoms with van der Waals surface area (Å²) in [6.07, 6.45) is 2.62. The number of thioether (sulfide) groups is 1. The summed E-state index contributed by atoms with van der Waals surface area (Å²) in [5.41, 5.74) is 9.64. The number of nitrogens with two attached hydrogens (primary N) is 1. The van der Waals surface area contributed by atoms with Crippen molar-refractivity contribution in [3.05, 3.63) is 210 Å². The molecule has 11 atom stereocenters. The molecule has 15 amide bonds. The molecule has 0 radical (unpaired) electrons. The number of unbranched alkanes of at least 4 members (excludes halogenated alkanes) is 1. The van der Waals surface area contributed by atoms with Crippen molar-refractivity contribution in [3.63, 3.8) is 0 Å². The molecule has 34 nitrogen and oxygen atoms in total. The Morgan fingerprint density at radius 1 is 0.466 bits per heavy atom. The first-order valence-corrected chi connectivity index (χ1v) is 45.2. The van der Waals surface area contributed by atoms with Gasteiger partial charge >= 0.3 is 0 Å². The molecule has 698 valence electrons. The fourth-order valence-corrected chi connectivity index (χ4v) is 16.7. The average molecular weight is 1840 g/mol. The SMILES string of the molecule is CCCC[C@H]1C(=O)N(C)CC(=O)N[C@@H](CC(O)=P)C(=O)N[C@@H](C(C)C)C(=O)N(C)[C@@H](Cc2ccccc2)C(=O)N[C@@H](Cc2ccc(O)cc2)C(=O)N(C)CC(=O)N[C@@H](Cc2c[nH]c3ccccc23)C(=O)N[C@@H](Cc2c[nH]c3ccccc23)C(=O)N[C@@H](CC(C)C)C(=O)N[C@H](C(=O)NCC(N)=O)CSCC(=O)N[C@@H](Cc2ccccc2)C(=O)N(C)[C@@H](Cc2ccccc2)C(=O)N1C. The lowest BCUT2D eigenvalue weighted by Crippen LogP contribution is -2.61. The number of H-pyrrole nitrogens is 2. The van der Waals surface area contributed by atoms with Crippen molar-refractivity contribution < 1.29 is 82.1 Å². The van der Waals surface area contributed by atoms with Crippen molar-refractivity contribution >= 4 is 137 Å². The zero-order valence-electron chi connectivity index (χ0n) is 75.3. The van der Waals surface area contributed by atoms with Crippen LogP contribution in [0.1, 0.15) is 100 Å². The van der Waals surface area contributed by atoms with E-state index in [4.69, 9.17) is 5.73 Å². The summed E-state index contributed by atoms with van der Waals surface area (Å²) in [6, 6.07) is 30.0. The Morgan fingerprint density at radius 2 is 0.901 bits per heavy atom. The molecule has 9 rings (SSSR count). The molecule has 0 unspecified atom stereocenters. The van der Waals surface area contributed by atoms with Gasteiger partial charge in [0.25, 0.3) is 0 Å². The number of aromatic amines is 2. The second-order valence-electron chi connectivity index (χ2n) is 33.8. The van der Waals surface area contributed by atoms with Gasteiger partial charge in [-0.3, -0.25) is 71.9 Å². The summed E-state index contributed by atoms with van der Waals surface area (Å²) in [6.45, 7) is 6.51. The molecule has 1 saturated heterocycles. The lowest BCUT2D eigenvalue weighted by molar-refractivity contribution is -0.151. The molecule has 0 aliphatic carbocycles. The van der Waals surface area contributed by atoms with E-state index in [1.165, 1.54) is 69.3 Å². The van der Waals surface area contributed by atoms with Gasteiger partial charge in [0, 0.05) is 120 Å². The molecule has 131 heavy (non-hydrogen) atoms. The number of carbonyl (C=O) groups is 15. The number of hydrogen-bond donors (Lipinski definition) is 14. The lowest BCUT2D eigenvalue weighted by Gasteiger charge is -2.37. The third-order valence-corrected chi connectivity index (χ3v) is 24.0. The predicted molar refractivity (Wildman–Crippen MR) is 500 cm³/mol. The number of likely N-dealkylation sites (N-methyl/N-ethyl adjacent to an activating group) is 5. The number of carbonyl (C=O) groups excluding carboxylic acids is 15. The third kappa shape index (κ3) is 29.6. The number of nitrogens with one attached hydrogen (secondary N) is 11. The highest BCUT2D eigenvalue weighted by Crippen LogP contribution is 2.26. The molecule has 8 aromatic rings. The standard InChI is InChI=1S/C95H120N17O17PS/c1-11-12-36-76-93(127)109(7)53-81(116)101-72(48-83(118)130)89(123)107-84(57(4)5)95(129)111(9)77(44-59-28-18-14-19-29-59)90(124)105-73(43-61-37-39-64(113)40-38-61)91(125)108(6)52-80(115)100-70(46-62-49-97-67-34-24-22-32-65(62)67)87(121)104-71(47-63-50-98-68-35-25-23-33-66(63)68)88(122)103-69(41-56(2)3)86(120)106-75(85(119)99-51-79(96)114)54-131-55-82(117)102-74(42-58-26-16-13-17-27-58)92(126)112(10)78(94(128)110(76)8)45-60-30-20-15-21-31-60/h13-35,37-40,49-50,56-57,69-78,84,97-98,113,118,130H,11-12,36,41-48,51-55H2,1-10H3,(H2,96,114)(H,99,119)(H,100,115)(H,101,116)(H,102,117)(H,103,122)(H,104,121)(H,105,124)(H,106,120)(H,107,123)/t69-,70-,71-,72-,73-,74-,75-,76-,77-,78-,84-/m0/s1. The lowest BCUT2D eigenvalue weighted by atomic mass is 9.98. The number of aromatic nitrogens is 2. The number of benzene rings is 6. The van der Waals surface area contributed by atoms with E-state index in [1.54, 1.807) is 180 Å². The molecule has 36 heteroatoms. The minimum Gasteiger partial charge on any atom is -0.508 e. The first-order chi connectivity index (χ1) is 62.5. The smallest absolute Gasteiger partial charge is 0.246 e. The molecule has 1 aliphatic heterocycles. The second-order valence-corrected chi connectivity index (χ2v) is 35.4. The molecule has 6 aromatic carbocycles. The molecule has 0 spiro atoms. The van der Waals surface area contributed by atoms with Crippen molar-refractivity contribution in [2.45, 2.75) is 172 Å². The van der Waals surface area contributed by atoms with Crippen molar-refractivity contribution in [2.24, 2.45) is 17.6 Å². The molecule has 1 fully saturated rings. The normalized spacial score (nSPS) is 21.8. The zero-order chi connectivity index (χ0) is 95.3. The van der Waals surface area contributed by atoms with Gasteiger partial charge in [0.2, 0.25) is 88.6 Å². The number of hydrogen-bond acceptors (Lipinski definition) is 17. The van der Waals surface area contributed by atoms with Crippen LogP contribution < -0.4 is 53.6 Å². The number of rotatable bonds is 23. The number of aliphatic hydroxyl groups is 1. The highest BCUT2D eigenvalue weighted by atomic mass is 32.2. The van der Waals surface area contributed by atoms with Crippen LogP contribution in [0.3, 0.4) is 0 Å². The number of aromatic hydroxyl groups is 1. The Morgan fingerprint density at radius 3 is 1.42 bits per heavy atom. The Labute approximate surface area is 767 Å². The maximum Gasteiger partial charge on any atom is 0.246 e. The van der Waals surface area contributed by atoms with E-state index in [1.807, 2.05) is 6.92 Å². The van der Waals surface area contributed by atoms with Crippen LogP contribution in [0.15, 0.2) is 176 Å². The number of para-hydroxylation sites is 2. The summed E-state index contributed by atoms with van der Waals surface area (Å²) >= 11 is 0.855. The first kappa shape index (κ1) is 101. The van der Waals surface area contributed by atoms with Crippen LogP contribution in [0.4, 0.5) is 0 Å². The molecular weight excluding hydrogens is 1710 g/mol. The van der Waals surface area contributed by atoms with Gasteiger partial charge in [-0.2, -0.15) is 0 Å². The largest absolute Gasteiger partial charge is 0.508 e. The average Bonchev–Trinajstić information content (AvgIpc) is 1.24. The van der Waals surface area contributed by atoms with E-state index < -0.39 is 198 Å². The Bertz CT molecular complexity index is 5350. The fourth-order valence-electron chi connectivity index (χ4n) is 15.6. The van der Waals surface area contributed by atoms with Crippen molar-refractivity contribution in [3.8, 4) is 5.75 Å². The van der Waals surface area contributed by atoms with Gasteiger partial charge < -0.3 is 98.3 Å². The molecule has 15 N–H and O–H groups in total. The Balaban J connectivity index is 1.12. The molecule has 0 saturated carbocycles.